The highest BCUT2D eigenvalue weighted by atomic mass is 35.5. The molecule has 2 aromatic carbocycles. The van der Waals surface area contributed by atoms with Gasteiger partial charge in [-0.2, -0.15) is 0 Å². The highest BCUT2D eigenvalue weighted by Crippen LogP contribution is 2.17. The molecule has 0 aliphatic rings. The molecular formula is C19H17ClN4O2. The van der Waals surface area contributed by atoms with E-state index < -0.39 is 0 Å². The number of aromatic nitrogens is 2. The third kappa shape index (κ3) is 4.70. The fourth-order valence-electron chi connectivity index (χ4n) is 2.20. The second kappa shape index (κ2) is 8.31. The molecule has 0 aliphatic carbocycles. The van der Waals surface area contributed by atoms with E-state index in [1.807, 2.05) is 36.4 Å². The molecular weight excluding hydrogens is 352 g/mol. The van der Waals surface area contributed by atoms with Gasteiger partial charge in [-0.3, -0.25) is 4.79 Å². The van der Waals surface area contributed by atoms with E-state index in [1.54, 1.807) is 19.2 Å². The number of halogens is 1. The Labute approximate surface area is 156 Å². The number of hydrogen-bond donors (Lipinski definition) is 2. The first-order valence-corrected chi connectivity index (χ1v) is 8.27. The zero-order chi connectivity index (χ0) is 18.4. The molecule has 0 saturated carbocycles. The lowest BCUT2D eigenvalue weighted by atomic mass is 10.2. The van der Waals surface area contributed by atoms with Crippen LogP contribution in [0.25, 0.3) is 0 Å². The molecule has 1 heterocycles. The van der Waals surface area contributed by atoms with Crippen molar-refractivity contribution in [2.75, 3.05) is 12.4 Å². The van der Waals surface area contributed by atoms with Crippen molar-refractivity contribution >= 4 is 29.1 Å². The van der Waals surface area contributed by atoms with Gasteiger partial charge >= 0.3 is 0 Å². The number of carbonyl (C=O) groups excluding carboxylic acids is 1. The maximum atomic E-state index is 12.2. The van der Waals surface area contributed by atoms with Crippen LogP contribution in [0.1, 0.15) is 15.9 Å². The maximum Gasteiger partial charge on any atom is 0.254 e. The Balaban J connectivity index is 1.57. The number of hydrogen-bond acceptors (Lipinski definition) is 5. The Hall–Kier alpha value is -3.12. The van der Waals surface area contributed by atoms with Crippen LogP contribution in [-0.4, -0.2) is 23.0 Å². The third-order valence-corrected chi connectivity index (χ3v) is 3.88. The normalized spacial score (nSPS) is 10.2. The van der Waals surface area contributed by atoms with Gasteiger partial charge in [-0.05, 0) is 42.0 Å². The molecule has 0 bridgehead atoms. The molecule has 0 radical (unpaired) electrons. The molecule has 6 nitrogen and oxygen atoms in total. The number of rotatable bonds is 6. The smallest absolute Gasteiger partial charge is 0.254 e. The van der Waals surface area contributed by atoms with E-state index in [1.165, 1.54) is 12.4 Å². The average Bonchev–Trinajstić information content (AvgIpc) is 2.68. The number of ether oxygens (including phenoxy) is 1. The number of anilines is 2. The standard InChI is InChI=1S/C19H17ClN4O2/c1-26-17-8-6-16(7-9-17)24-19-22-11-14(12-23-19)18(25)21-10-13-2-4-15(20)5-3-13/h2-9,11-12H,10H2,1H3,(H,21,25)(H,22,23,24). The molecule has 0 spiro atoms. The minimum Gasteiger partial charge on any atom is -0.497 e. The van der Waals surface area contributed by atoms with Gasteiger partial charge in [0, 0.05) is 29.6 Å². The highest BCUT2D eigenvalue weighted by molar-refractivity contribution is 6.30. The summed E-state index contributed by atoms with van der Waals surface area (Å²) in [7, 11) is 1.61. The van der Waals surface area contributed by atoms with Crippen LogP contribution >= 0.6 is 11.6 Å². The molecule has 0 saturated heterocycles. The summed E-state index contributed by atoms with van der Waals surface area (Å²) in [4.78, 5) is 20.5. The van der Waals surface area contributed by atoms with Crippen molar-refractivity contribution in [2.24, 2.45) is 0 Å². The van der Waals surface area contributed by atoms with E-state index in [0.717, 1.165) is 17.0 Å². The number of amides is 1. The van der Waals surface area contributed by atoms with Crippen molar-refractivity contribution in [1.82, 2.24) is 15.3 Å². The Kier molecular flexibility index (Phi) is 5.66. The first-order valence-electron chi connectivity index (χ1n) is 7.90. The molecule has 0 unspecified atom stereocenters. The monoisotopic (exact) mass is 368 g/mol. The Morgan fingerprint density at radius 1 is 1.04 bits per heavy atom. The van der Waals surface area contributed by atoms with Crippen LogP contribution < -0.4 is 15.4 Å². The van der Waals surface area contributed by atoms with Gasteiger partial charge in [-0.15, -0.1) is 0 Å². The van der Waals surface area contributed by atoms with Gasteiger partial charge in [0.15, 0.2) is 0 Å². The first kappa shape index (κ1) is 17.7. The van der Waals surface area contributed by atoms with Crippen molar-refractivity contribution in [1.29, 1.82) is 0 Å². The topological polar surface area (TPSA) is 76.1 Å². The number of methoxy groups -OCH3 is 1. The van der Waals surface area contributed by atoms with Crippen molar-refractivity contribution in [3.63, 3.8) is 0 Å². The Bertz CT molecular complexity index is 866. The van der Waals surface area contributed by atoms with E-state index in [0.29, 0.717) is 23.1 Å². The van der Waals surface area contributed by atoms with Crippen LogP contribution in [-0.2, 0) is 6.54 Å². The van der Waals surface area contributed by atoms with Gasteiger partial charge in [-0.25, -0.2) is 9.97 Å². The maximum absolute atomic E-state index is 12.2. The van der Waals surface area contributed by atoms with Crippen molar-refractivity contribution in [3.05, 3.63) is 77.1 Å². The number of nitrogens with zero attached hydrogens (tertiary/aromatic N) is 2. The number of benzene rings is 2. The summed E-state index contributed by atoms with van der Waals surface area (Å²) in [5, 5.41) is 6.54. The second-order valence-electron chi connectivity index (χ2n) is 5.46. The molecule has 0 aliphatic heterocycles. The molecule has 3 rings (SSSR count). The molecule has 0 atom stereocenters. The molecule has 2 N–H and O–H groups in total. The summed E-state index contributed by atoms with van der Waals surface area (Å²) in [6.07, 6.45) is 2.96. The van der Waals surface area contributed by atoms with Crippen molar-refractivity contribution in [3.8, 4) is 5.75 Å². The molecule has 3 aromatic rings. The predicted octanol–water partition coefficient (Wildman–Crippen LogP) is 3.81. The zero-order valence-corrected chi connectivity index (χ0v) is 14.8. The van der Waals surface area contributed by atoms with Gasteiger partial charge < -0.3 is 15.4 Å². The minimum absolute atomic E-state index is 0.240. The van der Waals surface area contributed by atoms with Crippen molar-refractivity contribution < 1.29 is 9.53 Å². The molecule has 7 heteroatoms. The van der Waals surface area contributed by atoms with Crippen molar-refractivity contribution in [2.45, 2.75) is 6.54 Å². The zero-order valence-electron chi connectivity index (χ0n) is 14.1. The fourth-order valence-corrected chi connectivity index (χ4v) is 2.33. The highest BCUT2D eigenvalue weighted by Gasteiger charge is 2.07. The average molecular weight is 369 g/mol. The van der Waals surface area contributed by atoms with E-state index in [4.69, 9.17) is 16.3 Å². The minimum atomic E-state index is -0.240. The summed E-state index contributed by atoms with van der Waals surface area (Å²) < 4.78 is 5.11. The summed E-state index contributed by atoms with van der Waals surface area (Å²) in [5.74, 6) is 0.935. The third-order valence-electron chi connectivity index (χ3n) is 3.63. The van der Waals surface area contributed by atoms with Gasteiger partial charge in [0.05, 0.1) is 12.7 Å². The van der Waals surface area contributed by atoms with Gasteiger partial charge in [0.1, 0.15) is 5.75 Å². The van der Waals surface area contributed by atoms with E-state index in [-0.39, 0.29) is 5.91 Å². The number of carbonyl (C=O) groups is 1. The largest absolute Gasteiger partial charge is 0.497 e. The van der Waals surface area contributed by atoms with E-state index in [9.17, 15) is 4.79 Å². The van der Waals surface area contributed by atoms with Crippen LogP contribution in [0, 0.1) is 0 Å². The van der Waals surface area contributed by atoms with E-state index >= 15 is 0 Å². The SMILES string of the molecule is COc1ccc(Nc2ncc(C(=O)NCc3ccc(Cl)cc3)cn2)cc1. The lowest BCUT2D eigenvalue weighted by Gasteiger charge is -2.07. The summed E-state index contributed by atoms with van der Waals surface area (Å²) >= 11 is 5.84. The van der Waals surface area contributed by atoms with Crippen LogP contribution in [0.2, 0.25) is 5.02 Å². The number of nitrogens with one attached hydrogen (secondary N) is 2. The Morgan fingerprint density at radius 3 is 2.31 bits per heavy atom. The fraction of sp³-hybridized carbons (Fsp3) is 0.105. The predicted molar refractivity (Wildman–Crippen MR) is 101 cm³/mol. The van der Waals surface area contributed by atoms with Gasteiger partial charge in [0.2, 0.25) is 5.95 Å². The summed E-state index contributed by atoms with van der Waals surface area (Å²) in [5.41, 5.74) is 2.17. The second-order valence-corrected chi connectivity index (χ2v) is 5.89. The lowest BCUT2D eigenvalue weighted by molar-refractivity contribution is 0.0950. The molecule has 0 fully saturated rings. The molecule has 1 aromatic heterocycles. The Morgan fingerprint density at radius 2 is 1.69 bits per heavy atom. The summed E-state index contributed by atoms with van der Waals surface area (Å²) in [6.45, 7) is 0.405. The lowest BCUT2D eigenvalue weighted by Crippen LogP contribution is -2.23. The van der Waals surface area contributed by atoms with Crippen LogP contribution in [0.3, 0.4) is 0 Å². The van der Waals surface area contributed by atoms with E-state index in [2.05, 4.69) is 20.6 Å². The van der Waals surface area contributed by atoms with Crippen LogP contribution in [0.15, 0.2) is 60.9 Å². The molecule has 26 heavy (non-hydrogen) atoms. The first-order chi connectivity index (χ1) is 12.6. The van der Waals surface area contributed by atoms with Crippen LogP contribution in [0.5, 0.6) is 5.75 Å². The summed E-state index contributed by atoms with van der Waals surface area (Å²) in [6, 6.07) is 14.7. The quantitative estimate of drug-likeness (QED) is 0.691. The van der Waals surface area contributed by atoms with Crippen LogP contribution in [0.4, 0.5) is 11.6 Å². The molecule has 132 valence electrons. The molecule has 1 amide bonds. The van der Waals surface area contributed by atoms with Gasteiger partial charge in [0.25, 0.3) is 5.91 Å². The van der Waals surface area contributed by atoms with Gasteiger partial charge in [-0.1, -0.05) is 23.7 Å².